The van der Waals surface area contributed by atoms with Crippen molar-refractivity contribution in [3.8, 4) is 67.5 Å². The number of hydrogen-bond acceptors (Lipinski definition) is 3. The summed E-state index contributed by atoms with van der Waals surface area (Å²) < 4.78 is 0. The van der Waals surface area contributed by atoms with Crippen LogP contribution in [0, 0.1) is 6.92 Å². The van der Waals surface area contributed by atoms with Crippen molar-refractivity contribution in [1.29, 1.82) is 0 Å². The Balaban J connectivity index is 1.07. The van der Waals surface area contributed by atoms with E-state index in [2.05, 4.69) is 201 Å². The quantitative estimate of drug-likeness (QED) is 0.173. The van der Waals surface area contributed by atoms with Gasteiger partial charge in [-0.15, -0.1) is 0 Å². The molecule has 0 radical (unpaired) electrons. The third kappa shape index (κ3) is 6.02. The van der Waals surface area contributed by atoms with Crippen molar-refractivity contribution in [2.24, 2.45) is 0 Å². The molecule has 0 saturated carbocycles. The highest BCUT2D eigenvalue weighted by atomic mass is 15.0. The van der Waals surface area contributed by atoms with Crippen molar-refractivity contribution < 1.29 is 0 Å². The number of aromatic nitrogens is 3. The SMILES string of the molecule is Cc1cc(-c2nc(-c3cccc(-c4ccc(-c5cccc6ccccc56)cc4)c3)nc(-c3cccc4ccccc34)n2)ccc1-c1cccc2ccccc12. The Morgan fingerprint density at radius 3 is 1.35 bits per heavy atom. The van der Waals surface area contributed by atoms with Gasteiger partial charge in [0.15, 0.2) is 17.5 Å². The number of nitrogens with zero attached hydrogens (tertiary/aromatic N) is 3. The van der Waals surface area contributed by atoms with Crippen LogP contribution in [0.4, 0.5) is 0 Å². The predicted molar refractivity (Wildman–Crippen MR) is 230 cm³/mol. The molecule has 0 spiro atoms. The second kappa shape index (κ2) is 13.6. The molecule has 0 atom stereocenters. The zero-order valence-electron chi connectivity index (χ0n) is 30.3. The maximum Gasteiger partial charge on any atom is 0.164 e. The maximum absolute atomic E-state index is 5.17. The van der Waals surface area contributed by atoms with E-state index >= 15 is 0 Å². The predicted octanol–water partition coefficient (Wildman–Crippen LogP) is 13.6. The van der Waals surface area contributed by atoms with E-state index < -0.39 is 0 Å². The summed E-state index contributed by atoms with van der Waals surface area (Å²) in [7, 11) is 0. The van der Waals surface area contributed by atoms with Gasteiger partial charge in [-0.25, -0.2) is 15.0 Å². The highest BCUT2D eigenvalue weighted by Crippen LogP contribution is 2.36. The monoisotopic (exact) mass is 701 g/mol. The molecule has 0 saturated heterocycles. The first-order chi connectivity index (χ1) is 27.2. The highest BCUT2D eigenvalue weighted by Gasteiger charge is 2.16. The van der Waals surface area contributed by atoms with Gasteiger partial charge in [0.2, 0.25) is 0 Å². The van der Waals surface area contributed by atoms with Gasteiger partial charge in [-0.2, -0.15) is 0 Å². The lowest BCUT2D eigenvalue weighted by molar-refractivity contribution is 1.08. The Morgan fingerprint density at radius 1 is 0.273 bits per heavy atom. The van der Waals surface area contributed by atoms with Crippen molar-refractivity contribution in [1.82, 2.24) is 15.0 Å². The van der Waals surface area contributed by atoms with Crippen LogP contribution < -0.4 is 0 Å². The molecule has 10 aromatic rings. The lowest BCUT2D eigenvalue weighted by atomic mass is 9.94. The summed E-state index contributed by atoms with van der Waals surface area (Å²) in [5, 5.41) is 7.22. The molecule has 1 aromatic heterocycles. The number of aryl methyl sites for hydroxylation is 1. The Bertz CT molecular complexity index is 3040. The summed E-state index contributed by atoms with van der Waals surface area (Å²) in [5.74, 6) is 1.93. The van der Waals surface area contributed by atoms with Gasteiger partial charge in [-0.05, 0) is 90.3 Å². The molecule has 0 aliphatic rings. The number of rotatable bonds is 6. The Labute approximate surface area is 320 Å². The van der Waals surface area contributed by atoms with Gasteiger partial charge in [0.05, 0.1) is 0 Å². The van der Waals surface area contributed by atoms with E-state index in [0.717, 1.165) is 44.2 Å². The standard InChI is InChI=1S/C52H35N3/c1-34-32-42(30-31-43(34)48-24-10-16-37-13-3-6-21-46(37)48)51-53-50(54-52(55-51)49-25-11-17-38-14-4-7-22-47(38)49)41-19-8-18-40(33-41)35-26-28-39(29-27-35)45-23-9-15-36-12-2-5-20-44(36)45/h2-33H,1H3. The van der Waals surface area contributed by atoms with Crippen LogP contribution in [0.25, 0.3) is 99.9 Å². The molecule has 0 fully saturated rings. The maximum atomic E-state index is 5.17. The molecule has 9 aromatic carbocycles. The van der Waals surface area contributed by atoms with Crippen LogP contribution in [-0.4, -0.2) is 15.0 Å². The minimum atomic E-state index is 0.637. The van der Waals surface area contributed by atoms with E-state index in [1.807, 2.05) is 0 Å². The van der Waals surface area contributed by atoms with E-state index in [1.165, 1.54) is 43.8 Å². The third-order valence-corrected chi connectivity index (χ3v) is 10.7. The molecule has 55 heavy (non-hydrogen) atoms. The number of fused-ring (bicyclic) bond motifs is 3. The van der Waals surface area contributed by atoms with Gasteiger partial charge in [-0.3, -0.25) is 0 Å². The minimum Gasteiger partial charge on any atom is -0.208 e. The largest absolute Gasteiger partial charge is 0.208 e. The fourth-order valence-corrected chi connectivity index (χ4v) is 7.90. The summed E-state index contributed by atoms with van der Waals surface area (Å²) in [4.78, 5) is 15.5. The fraction of sp³-hybridized carbons (Fsp3) is 0.0192. The van der Waals surface area contributed by atoms with Crippen LogP contribution in [0.2, 0.25) is 0 Å². The first-order valence-electron chi connectivity index (χ1n) is 18.7. The van der Waals surface area contributed by atoms with Gasteiger partial charge in [0.1, 0.15) is 0 Å². The molecule has 0 bridgehead atoms. The van der Waals surface area contributed by atoms with E-state index in [1.54, 1.807) is 0 Å². The molecule has 0 amide bonds. The van der Waals surface area contributed by atoms with Gasteiger partial charge in [0, 0.05) is 16.7 Å². The first-order valence-corrected chi connectivity index (χ1v) is 18.7. The van der Waals surface area contributed by atoms with Crippen LogP contribution in [0.1, 0.15) is 5.56 Å². The summed E-state index contributed by atoms with van der Waals surface area (Å²) in [6.45, 7) is 2.17. The molecule has 1 heterocycles. The average Bonchev–Trinajstić information content (AvgIpc) is 3.26. The summed E-state index contributed by atoms with van der Waals surface area (Å²) in [5.41, 5.74) is 11.1. The van der Waals surface area contributed by atoms with E-state index in [9.17, 15) is 0 Å². The van der Waals surface area contributed by atoms with Crippen LogP contribution in [-0.2, 0) is 0 Å². The van der Waals surface area contributed by atoms with Gasteiger partial charge in [0.25, 0.3) is 0 Å². The normalized spacial score (nSPS) is 11.4. The van der Waals surface area contributed by atoms with Gasteiger partial charge < -0.3 is 0 Å². The van der Waals surface area contributed by atoms with Gasteiger partial charge >= 0.3 is 0 Å². The van der Waals surface area contributed by atoms with E-state index in [4.69, 9.17) is 15.0 Å². The van der Waals surface area contributed by atoms with Crippen molar-refractivity contribution >= 4 is 32.3 Å². The molecular formula is C52H35N3. The Kier molecular flexibility index (Phi) is 8.04. The minimum absolute atomic E-state index is 0.637. The van der Waals surface area contributed by atoms with Crippen molar-refractivity contribution in [2.45, 2.75) is 6.92 Å². The third-order valence-electron chi connectivity index (χ3n) is 10.7. The zero-order chi connectivity index (χ0) is 36.7. The Hall–Kier alpha value is -7.23. The second-order valence-electron chi connectivity index (χ2n) is 14.1. The molecule has 0 aliphatic carbocycles. The molecule has 3 nitrogen and oxygen atoms in total. The Morgan fingerprint density at radius 2 is 0.709 bits per heavy atom. The van der Waals surface area contributed by atoms with Gasteiger partial charge in [-0.1, -0.05) is 182 Å². The summed E-state index contributed by atoms with van der Waals surface area (Å²) in [6, 6.07) is 68.7. The van der Waals surface area contributed by atoms with E-state index in [-0.39, 0.29) is 0 Å². The lowest BCUT2D eigenvalue weighted by Crippen LogP contribution is -2.01. The zero-order valence-corrected chi connectivity index (χ0v) is 30.3. The number of benzene rings is 9. The second-order valence-corrected chi connectivity index (χ2v) is 14.1. The molecule has 3 heteroatoms. The van der Waals surface area contributed by atoms with Crippen LogP contribution >= 0.6 is 0 Å². The fourth-order valence-electron chi connectivity index (χ4n) is 7.90. The van der Waals surface area contributed by atoms with Crippen LogP contribution in [0.15, 0.2) is 194 Å². The molecule has 0 N–H and O–H groups in total. The van der Waals surface area contributed by atoms with Crippen molar-refractivity contribution in [2.75, 3.05) is 0 Å². The van der Waals surface area contributed by atoms with Crippen LogP contribution in [0.3, 0.4) is 0 Å². The molecular weight excluding hydrogens is 667 g/mol. The topological polar surface area (TPSA) is 38.7 Å². The molecule has 10 rings (SSSR count). The van der Waals surface area contributed by atoms with Crippen molar-refractivity contribution in [3.05, 3.63) is 200 Å². The smallest absolute Gasteiger partial charge is 0.164 e. The lowest BCUT2D eigenvalue weighted by Gasteiger charge is -2.13. The summed E-state index contributed by atoms with van der Waals surface area (Å²) in [6.07, 6.45) is 0. The first kappa shape index (κ1) is 32.4. The number of hydrogen-bond donors (Lipinski definition) is 0. The summed E-state index contributed by atoms with van der Waals surface area (Å²) >= 11 is 0. The molecule has 0 aliphatic heterocycles. The van der Waals surface area contributed by atoms with Crippen LogP contribution in [0.5, 0.6) is 0 Å². The molecule has 258 valence electrons. The highest BCUT2D eigenvalue weighted by molar-refractivity contribution is 5.99. The molecule has 0 unspecified atom stereocenters. The van der Waals surface area contributed by atoms with E-state index in [0.29, 0.717) is 17.5 Å². The van der Waals surface area contributed by atoms with Crippen molar-refractivity contribution in [3.63, 3.8) is 0 Å². The average molecular weight is 702 g/mol.